The number of nitrogens with one attached hydrogen (secondary N) is 1. The summed E-state index contributed by atoms with van der Waals surface area (Å²) in [4.78, 5) is 15.7. The Morgan fingerprint density at radius 3 is 2.70 bits per heavy atom. The average molecular weight is 430 g/mol. The van der Waals surface area contributed by atoms with Crippen molar-refractivity contribution in [2.24, 2.45) is 11.0 Å². The Morgan fingerprint density at radius 2 is 2.07 bits per heavy atom. The van der Waals surface area contributed by atoms with Gasteiger partial charge in [-0.2, -0.15) is 5.10 Å². The molecule has 27 heavy (non-hydrogen) atoms. The van der Waals surface area contributed by atoms with Crippen LogP contribution in [0, 0.1) is 5.92 Å². The number of thiazole rings is 1. The zero-order chi connectivity index (χ0) is 19.8. The highest BCUT2D eigenvalue weighted by atomic mass is 35.5. The zero-order valence-corrected chi connectivity index (χ0v) is 17.6. The first-order chi connectivity index (χ1) is 12.9. The van der Waals surface area contributed by atoms with E-state index in [2.05, 4.69) is 15.5 Å². The number of esters is 1. The molecule has 1 N–H and O–H groups in total. The molecule has 0 spiro atoms. The van der Waals surface area contributed by atoms with Crippen LogP contribution in [-0.4, -0.2) is 30.4 Å². The van der Waals surface area contributed by atoms with Gasteiger partial charge in [-0.3, -0.25) is 10.2 Å². The fourth-order valence-corrected chi connectivity index (χ4v) is 3.28. The maximum absolute atomic E-state index is 11.5. The fraction of sp³-hybridized carbons (Fsp3) is 0.389. The van der Waals surface area contributed by atoms with Crippen molar-refractivity contribution in [1.82, 2.24) is 4.98 Å². The molecule has 2 aromatic rings. The Kier molecular flexibility index (Phi) is 8.34. The largest absolute Gasteiger partial charge is 0.490 e. The second kappa shape index (κ2) is 10.5. The van der Waals surface area contributed by atoms with E-state index in [9.17, 15) is 4.79 Å². The normalized spacial score (nSPS) is 11.2. The van der Waals surface area contributed by atoms with Gasteiger partial charge in [0.05, 0.1) is 41.6 Å². The van der Waals surface area contributed by atoms with Gasteiger partial charge in [0.2, 0.25) is 5.13 Å². The van der Waals surface area contributed by atoms with Gasteiger partial charge in [-0.05, 0) is 30.5 Å². The van der Waals surface area contributed by atoms with Crippen LogP contribution in [0.3, 0.4) is 0 Å². The van der Waals surface area contributed by atoms with Crippen molar-refractivity contribution >= 4 is 51.9 Å². The number of carbonyl (C=O) groups excluding carboxylic acids is 1. The molecule has 0 fully saturated rings. The summed E-state index contributed by atoms with van der Waals surface area (Å²) in [6.07, 6.45) is 1.72. The molecule has 1 aromatic carbocycles. The third kappa shape index (κ3) is 7.01. The molecule has 2 rings (SSSR count). The molecule has 1 aromatic heterocycles. The second-order valence-corrected chi connectivity index (χ2v) is 7.69. The Labute approximate surface area is 172 Å². The van der Waals surface area contributed by atoms with E-state index in [1.165, 1.54) is 11.3 Å². The van der Waals surface area contributed by atoms with Crippen LogP contribution in [0.25, 0.3) is 0 Å². The van der Waals surface area contributed by atoms with Crippen molar-refractivity contribution in [3.63, 3.8) is 0 Å². The summed E-state index contributed by atoms with van der Waals surface area (Å²) in [5.41, 5.74) is 4.17. The monoisotopic (exact) mass is 429 g/mol. The maximum Gasteiger partial charge on any atom is 0.311 e. The first-order valence-electron chi connectivity index (χ1n) is 8.40. The van der Waals surface area contributed by atoms with Gasteiger partial charge in [-0.15, -0.1) is 11.3 Å². The lowest BCUT2D eigenvalue weighted by molar-refractivity contribution is -0.142. The van der Waals surface area contributed by atoms with Crippen LogP contribution in [0.1, 0.15) is 32.0 Å². The van der Waals surface area contributed by atoms with Gasteiger partial charge in [-0.25, -0.2) is 4.98 Å². The van der Waals surface area contributed by atoms with Gasteiger partial charge in [-0.1, -0.05) is 37.0 Å². The molecule has 0 radical (unpaired) electrons. The molecule has 0 aliphatic carbocycles. The molecule has 6 nitrogen and oxygen atoms in total. The van der Waals surface area contributed by atoms with Crippen molar-refractivity contribution < 1.29 is 14.3 Å². The predicted molar refractivity (Wildman–Crippen MR) is 110 cm³/mol. The SMILES string of the molecule is CCOC(=O)Cc1csc(N/N=C\c2cc(Cl)c(OCC(C)C)c(Cl)c2)n1. The van der Waals surface area contributed by atoms with Crippen LogP contribution in [0.4, 0.5) is 5.13 Å². The lowest BCUT2D eigenvalue weighted by atomic mass is 10.2. The van der Waals surface area contributed by atoms with Crippen molar-refractivity contribution in [1.29, 1.82) is 0 Å². The average Bonchev–Trinajstić information content (AvgIpc) is 3.01. The minimum Gasteiger partial charge on any atom is -0.490 e. The van der Waals surface area contributed by atoms with Crippen molar-refractivity contribution in [3.05, 3.63) is 38.8 Å². The number of aromatic nitrogens is 1. The third-order valence-corrected chi connectivity index (χ3v) is 4.50. The molecular formula is C18H21Cl2N3O3S. The van der Waals surface area contributed by atoms with Gasteiger partial charge in [0.25, 0.3) is 0 Å². The number of carbonyl (C=O) groups is 1. The van der Waals surface area contributed by atoms with Crippen LogP contribution in [0.5, 0.6) is 5.75 Å². The molecule has 0 saturated carbocycles. The van der Waals surface area contributed by atoms with E-state index in [4.69, 9.17) is 32.7 Å². The van der Waals surface area contributed by atoms with E-state index < -0.39 is 0 Å². The molecule has 0 unspecified atom stereocenters. The van der Waals surface area contributed by atoms with Gasteiger partial charge in [0.15, 0.2) is 5.75 Å². The highest BCUT2D eigenvalue weighted by Gasteiger charge is 2.10. The molecule has 9 heteroatoms. The van der Waals surface area contributed by atoms with Crippen LogP contribution in [-0.2, 0) is 16.0 Å². The minimum atomic E-state index is -0.304. The van der Waals surface area contributed by atoms with Crippen LogP contribution in [0.2, 0.25) is 10.0 Å². The summed E-state index contributed by atoms with van der Waals surface area (Å²) in [7, 11) is 0. The predicted octanol–water partition coefficient (Wildman–Crippen LogP) is 5.04. The van der Waals surface area contributed by atoms with Crippen LogP contribution < -0.4 is 10.2 Å². The molecule has 146 valence electrons. The first kappa shape index (κ1) is 21.5. The van der Waals surface area contributed by atoms with Crippen LogP contribution in [0.15, 0.2) is 22.6 Å². The molecule has 0 saturated heterocycles. The molecular weight excluding hydrogens is 409 g/mol. The van der Waals surface area contributed by atoms with E-state index >= 15 is 0 Å². The van der Waals surface area contributed by atoms with Crippen molar-refractivity contribution in [3.8, 4) is 5.75 Å². The third-order valence-electron chi connectivity index (χ3n) is 3.14. The quantitative estimate of drug-likeness (QED) is 0.343. The standard InChI is InChI=1S/C18H21Cl2N3O3S/c1-4-25-16(24)7-13-10-27-18(22-13)23-21-8-12-5-14(19)17(15(20)6-12)26-9-11(2)3/h5-6,8,10-11H,4,7,9H2,1-3H3,(H,22,23)/b21-8-. The van der Waals surface area contributed by atoms with Gasteiger partial charge in [0, 0.05) is 5.38 Å². The highest BCUT2D eigenvalue weighted by molar-refractivity contribution is 7.13. The van der Waals surface area contributed by atoms with Gasteiger partial charge >= 0.3 is 5.97 Å². The minimum absolute atomic E-state index is 0.138. The van der Waals surface area contributed by atoms with Crippen molar-refractivity contribution in [2.75, 3.05) is 18.6 Å². The number of hydrogen-bond acceptors (Lipinski definition) is 7. The summed E-state index contributed by atoms with van der Waals surface area (Å²) in [5.74, 6) is 0.539. The second-order valence-electron chi connectivity index (χ2n) is 6.01. The number of halogens is 2. The van der Waals surface area contributed by atoms with Gasteiger partial charge < -0.3 is 9.47 Å². The Balaban J connectivity index is 1.96. The smallest absolute Gasteiger partial charge is 0.311 e. The molecule has 0 amide bonds. The first-order valence-corrected chi connectivity index (χ1v) is 10.0. The molecule has 0 aliphatic rings. The Morgan fingerprint density at radius 1 is 1.37 bits per heavy atom. The van der Waals surface area contributed by atoms with E-state index in [1.54, 1.807) is 30.7 Å². The number of hydrogen-bond donors (Lipinski definition) is 1. The number of anilines is 1. The highest BCUT2D eigenvalue weighted by Crippen LogP contribution is 2.34. The van der Waals surface area contributed by atoms with Gasteiger partial charge in [0.1, 0.15) is 0 Å². The summed E-state index contributed by atoms with van der Waals surface area (Å²) in [5, 5.41) is 7.33. The molecule has 0 atom stereocenters. The van der Waals surface area contributed by atoms with E-state index in [1.807, 2.05) is 13.8 Å². The van der Waals surface area contributed by atoms with Crippen molar-refractivity contribution in [2.45, 2.75) is 27.2 Å². The summed E-state index contributed by atoms with van der Waals surface area (Å²) in [6, 6.07) is 3.45. The van der Waals surface area contributed by atoms with E-state index in [0.29, 0.717) is 45.8 Å². The number of ether oxygens (including phenoxy) is 2. The topological polar surface area (TPSA) is 72.8 Å². The van der Waals surface area contributed by atoms with Crippen LogP contribution >= 0.6 is 34.5 Å². The van der Waals surface area contributed by atoms with E-state index in [0.717, 1.165) is 5.56 Å². The Bertz CT molecular complexity index is 786. The number of benzene rings is 1. The lowest BCUT2D eigenvalue weighted by Crippen LogP contribution is -2.07. The zero-order valence-electron chi connectivity index (χ0n) is 15.3. The molecule has 0 aliphatic heterocycles. The molecule has 0 bridgehead atoms. The fourth-order valence-electron chi connectivity index (χ4n) is 2.00. The number of nitrogens with zero attached hydrogens (tertiary/aromatic N) is 2. The number of hydrazone groups is 1. The lowest BCUT2D eigenvalue weighted by Gasteiger charge is -2.12. The summed E-state index contributed by atoms with van der Waals surface area (Å²) in [6.45, 7) is 6.75. The number of rotatable bonds is 9. The summed E-state index contributed by atoms with van der Waals surface area (Å²) < 4.78 is 10.5. The summed E-state index contributed by atoms with van der Waals surface area (Å²) >= 11 is 13.8. The Hall–Kier alpha value is -1.83. The van der Waals surface area contributed by atoms with E-state index in [-0.39, 0.29) is 12.4 Å². The maximum atomic E-state index is 11.5. The molecule has 1 heterocycles.